The molecule has 1 aliphatic rings. The van der Waals surface area contributed by atoms with Crippen molar-refractivity contribution in [1.29, 1.82) is 0 Å². The van der Waals surface area contributed by atoms with Gasteiger partial charge in [0.1, 0.15) is 18.4 Å². The number of hydrogen-bond donors (Lipinski definition) is 1. The molecule has 0 spiro atoms. The molecule has 1 N–H and O–H groups in total. The lowest BCUT2D eigenvalue weighted by Crippen LogP contribution is -2.54. The molecule has 1 atom stereocenters. The van der Waals surface area contributed by atoms with E-state index in [4.69, 9.17) is 11.6 Å². The molecule has 3 aromatic carbocycles. The molecule has 4 rings (SSSR count). The highest BCUT2D eigenvalue weighted by Gasteiger charge is 2.34. The van der Waals surface area contributed by atoms with Crippen molar-refractivity contribution in [2.45, 2.75) is 69.0 Å². The molecule has 0 aliphatic heterocycles. The Kier molecular flexibility index (Phi) is 10.4. The Morgan fingerprint density at radius 3 is 2.20 bits per heavy atom. The summed E-state index contributed by atoms with van der Waals surface area (Å²) in [6.07, 6.45) is 5.30. The van der Waals surface area contributed by atoms with E-state index in [9.17, 15) is 22.4 Å². The number of sulfonamides is 1. The molecular formula is C31H35ClFN3O4S. The van der Waals surface area contributed by atoms with E-state index in [1.807, 2.05) is 6.92 Å². The second kappa shape index (κ2) is 14.0. The summed E-state index contributed by atoms with van der Waals surface area (Å²) in [5.74, 6) is -1.25. The van der Waals surface area contributed by atoms with Crippen molar-refractivity contribution < 1.29 is 22.4 Å². The number of anilines is 1. The van der Waals surface area contributed by atoms with Crippen molar-refractivity contribution in [3.8, 4) is 0 Å². The monoisotopic (exact) mass is 599 g/mol. The number of carbonyl (C=O) groups excluding carboxylic acids is 2. The predicted molar refractivity (Wildman–Crippen MR) is 158 cm³/mol. The highest BCUT2D eigenvalue weighted by Crippen LogP contribution is 2.26. The fourth-order valence-corrected chi connectivity index (χ4v) is 6.65. The number of halogens is 2. The van der Waals surface area contributed by atoms with Crippen LogP contribution in [0.2, 0.25) is 5.02 Å². The number of para-hydroxylation sites is 1. The number of carbonyl (C=O) groups is 2. The van der Waals surface area contributed by atoms with Gasteiger partial charge in [0, 0.05) is 17.6 Å². The average Bonchev–Trinajstić information content (AvgIpc) is 2.98. The van der Waals surface area contributed by atoms with Crippen LogP contribution in [0.5, 0.6) is 0 Å². The van der Waals surface area contributed by atoms with Gasteiger partial charge < -0.3 is 10.2 Å². The lowest BCUT2D eigenvalue weighted by atomic mass is 9.95. The molecule has 2 amide bonds. The first-order valence-corrected chi connectivity index (χ1v) is 15.7. The summed E-state index contributed by atoms with van der Waals surface area (Å²) in [5.41, 5.74) is 0.924. The molecule has 10 heteroatoms. The summed E-state index contributed by atoms with van der Waals surface area (Å²) >= 11 is 5.99. The van der Waals surface area contributed by atoms with Crippen LogP contribution < -0.4 is 9.62 Å². The molecule has 218 valence electrons. The first kappa shape index (κ1) is 30.5. The van der Waals surface area contributed by atoms with Gasteiger partial charge in [-0.2, -0.15) is 0 Å². The average molecular weight is 600 g/mol. The topological polar surface area (TPSA) is 86.8 Å². The van der Waals surface area contributed by atoms with E-state index in [-0.39, 0.29) is 23.4 Å². The Morgan fingerprint density at radius 2 is 1.59 bits per heavy atom. The molecule has 0 aromatic heterocycles. The Bertz CT molecular complexity index is 1410. The van der Waals surface area contributed by atoms with Crippen molar-refractivity contribution in [1.82, 2.24) is 10.2 Å². The number of benzene rings is 3. The predicted octanol–water partition coefficient (Wildman–Crippen LogP) is 5.93. The molecule has 7 nitrogen and oxygen atoms in total. The Morgan fingerprint density at radius 1 is 0.951 bits per heavy atom. The van der Waals surface area contributed by atoms with E-state index in [0.717, 1.165) is 36.4 Å². The lowest BCUT2D eigenvalue weighted by Gasteiger charge is -2.34. The van der Waals surface area contributed by atoms with Gasteiger partial charge in [-0.05, 0) is 73.4 Å². The lowest BCUT2D eigenvalue weighted by molar-refractivity contribution is -0.140. The Hall–Kier alpha value is -3.43. The summed E-state index contributed by atoms with van der Waals surface area (Å²) in [7, 11) is -4.18. The number of rotatable bonds is 11. The van der Waals surface area contributed by atoms with Crippen LogP contribution in [0.15, 0.2) is 83.8 Å². The quantitative estimate of drug-likeness (QED) is 0.296. The zero-order valence-corrected chi connectivity index (χ0v) is 24.6. The third kappa shape index (κ3) is 7.86. The summed E-state index contributed by atoms with van der Waals surface area (Å²) in [4.78, 5) is 29.0. The van der Waals surface area contributed by atoms with Gasteiger partial charge in [0.15, 0.2) is 0 Å². The van der Waals surface area contributed by atoms with Gasteiger partial charge in [-0.25, -0.2) is 12.8 Å². The maximum absolute atomic E-state index is 14.1. The van der Waals surface area contributed by atoms with Crippen LogP contribution in [0.4, 0.5) is 10.1 Å². The van der Waals surface area contributed by atoms with E-state index in [1.54, 1.807) is 42.5 Å². The molecule has 1 saturated carbocycles. The van der Waals surface area contributed by atoms with Crippen LogP contribution in [-0.4, -0.2) is 43.8 Å². The van der Waals surface area contributed by atoms with Crippen LogP contribution in [0.1, 0.15) is 51.0 Å². The number of nitrogens with one attached hydrogen (secondary N) is 1. The fraction of sp³-hybridized carbons (Fsp3) is 0.355. The highest BCUT2D eigenvalue weighted by atomic mass is 35.5. The minimum Gasteiger partial charge on any atom is -0.352 e. The molecule has 1 fully saturated rings. The van der Waals surface area contributed by atoms with Gasteiger partial charge in [0.05, 0.1) is 10.6 Å². The second-order valence-electron chi connectivity index (χ2n) is 10.2. The molecule has 1 unspecified atom stereocenters. The van der Waals surface area contributed by atoms with Crippen molar-refractivity contribution in [3.05, 3.63) is 95.3 Å². The highest BCUT2D eigenvalue weighted by molar-refractivity contribution is 7.92. The maximum Gasteiger partial charge on any atom is 0.264 e. The third-order valence-electron chi connectivity index (χ3n) is 7.33. The summed E-state index contributed by atoms with van der Waals surface area (Å²) < 4.78 is 42.3. The minimum atomic E-state index is -4.18. The largest absolute Gasteiger partial charge is 0.352 e. The smallest absolute Gasteiger partial charge is 0.264 e. The summed E-state index contributed by atoms with van der Waals surface area (Å²) in [5, 5.41) is 3.49. The van der Waals surface area contributed by atoms with Gasteiger partial charge in [-0.15, -0.1) is 0 Å². The van der Waals surface area contributed by atoms with Crippen LogP contribution in [0.25, 0.3) is 0 Å². The third-order valence-corrected chi connectivity index (χ3v) is 9.37. The van der Waals surface area contributed by atoms with Crippen molar-refractivity contribution in [3.63, 3.8) is 0 Å². The van der Waals surface area contributed by atoms with Crippen molar-refractivity contribution in [2.75, 3.05) is 10.8 Å². The van der Waals surface area contributed by atoms with E-state index < -0.39 is 34.3 Å². The van der Waals surface area contributed by atoms with E-state index in [0.29, 0.717) is 22.7 Å². The molecule has 1 aliphatic carbocycles. The molecule has 0 saturated heterocycles. The van der Waals surface area contributed by atoms with Gasteiger partial charge in [0.25, 0.3) is 10.0 Å². The second-order valence-corrected chi connectivity index (χ2v) is 12.5. The standard InChI is InChI=1S/C31H35ClFN3O4S/c1-2-29(31(38)34-26-9-5-3-6-10-26)35(21-23-13-17-25(33)18-14-23)30(37)22-36(27-11-7-4-8-12-27)41(39,40)28-19-15-24(32)16-20-28/h4,7-8,11-20,26,29H,2-3,5-6,9-10,21-22H2,1H3,(H,34,38). The molecule has 0 bridgehead atoms. The zero-order valence-electron chi connectivity index (χ0n) is 23.0. The number of amides is 2. The summed E-state index contributed by atoms with van der Waals surface area (Å²) in [6, 6.07) is 19.0. The summed E-state index contributed by atoms with van der Waals surface area (Å²) in [6.45, 7) is 1.29. The SMILES string of the molecule is CCC(C(=O)NC1CCCCC1)N(Cc1ccc(F)cc1)C(=O)CN(c1ccccc1)S(=O)(=O)c1ccc(Cl)cc1. The maximum atomic E-state index is 14.1. The van der Waals surface area contributed by atoms with E-state index >= 15 is 0 Å². The number of nitrogens with zero attached hydrogens (tertiary/aromatic N) is 2. The molecular weight excluding hydrogens is 565 g/mol. The Balaban J connectivity index is 1.68. The van der Waals surface area contributed by atoms with Crippen molar-refractivity contribution in [2.24, 2.45) is 0 Å². The molecule has 3 aromatic rings. The Labute approximate surface area is 246 Å². The zero-order chi connectivity index (χ0) is 29.4. The van der Waals surface area contributed by atoms with Crippen LogP contribution in [0, 0.1) is 5.82 Å². The van der Waals surface area contributed by atoms with E-state index in [1.165, 1.54) is 41.3 Å². The van der Waals surface area contributed by atoms with Gasteiger partial charge in [0.2, 0.25) is 11.8 Å². The molecule has 0 heterocycles. The van der Waals surface area contributed by atoms with Crippen LogP contribution in [-0.2, 0) is 26.2 Å². The fourth-order valence-electron chi connectivity index (χ4n) is 5.11. The minimum absolute atomic E-state index is 0.0132. The van der Waals surface area contributed by atoms with Gasteiger partial charge in [-0.3, -0.25) is 13.9 Å². The van der Waals surface area contributed by atoms with Crippen molar-refractivity contribution >= 4 is 39.1 Å². The van der Waals surface area contributed by atoms with Crippen LogP contribution in [0.3, 0.4) is 0 Å². The molecule has 0 radical (unpaired) electrons. The van der Waals surface area contributed by atoms with Gasteiger partial charge >= 0.3 is 0 Å². The van der Waals surface area contributed by atoms with Crippen LogP contribution >= 0.6 is 11.6 Å². The van der Waals surface area contributed by atoms with E-state index in [2.05, 4.69) is 5.32 Å². The first-order valence-electron chi connectivity index (χ1n) is 13.9. The number of hydrogen-bond acceptors (Lipinski definition) is 4. The van der Waals surface area contributed by atoms with Gasteiger partial charge in [-0.1, -0.05) is 68.1 Å². The molecule has 41 heavy (non-hydrogen) atoms. The normalized spacial score (nSPS) is 14.7. The first-order chi connectivity index (χ1) is 19.7.